The molecule has 0 heterocycles. The molecule has 0 aliphatic heterocycles. The van der Waals surface area contributed by atoms with E-state index in [9.17, 15) is 5.11 Å². The number of nitrogens with one attached hydrogen (secondary N) is 1. The molecule has 0 radical (unpaired) electrons. The number of ether oxygens (including phenoxy) is 1. The molecule has 1 aromatic rings. The molecule has 20 heavy (non-hydrogen) atoms. The van der Waals surface area contributed by atoms with Gasteiger partial charge in [-0.05, 0) is 36.3 Å². The maximum absolute atomic E-state index is 10.1. The van der Waals surface area contributed by atoms with Crippen LogP contribution in [0.1, 0.15) is 39.3 Å². The molecule has 1 aromatic carbocycles. The molecule has 3 nitrogen and oxygen atoms in total. The minimum Gasteiger partial charge on any atom is -0.496 e. The lowest BCUT2D eigenvalue weighted by Gasteiger charge is -2.27. The molecular formula is C16H27NO2S. The van der Waals surface area contributed by atoms with Crippen molar-refractivity contribution in [2.24, 2.45) is 5.41 Å². The Kier molecular flexibility index (Phi) is 6.37. The van der Waals surface area contributed by atoms with Gasteiger partial charge in [-0.3, -0.25) is 0 Å². The number of hydrogen-bond donors (Lipinski definition) is 2. The third kappa shape index (κ3) is 4.69. The largest absolute Gasteiger partial charge is 0.496 e. The zero-order valence-corrected chi connectivity index (χ0v) is 14.2. The minimum absolute atomic E-state index is 0.104. The maximum atomic E-state index is 10.1. The van der Waals surface area contributed by atoms with Crippen LogP contribution in [0.3, 0.4) is 0 Å². The molecule has 2 N–H and O–H groups in total. The number of methoxy groups -OCH3 is 1. The summed E-state index contributed by atoms with van der Waals surface area (Å²) in [6, 6.07) is 6.43. The van der Waals surface area contributed by atoms with Crippen molar-refractivity contribution >= 4 is 11.8 Å². The van der Waals surface area contributed by atoms with Crippen LogP contribution in [0.25, 0.3) is 0 Å². The van der Waals surface area contributed by atoms with Crippen LogP contribution in [0.15, 0.2) is 23.1 Å². The summed E-state index contributed by atoms with van der Waals surface area (Å²) in [5, 5.41) is 13.5. The monoisotopic (exact) mass is 297 g/mol. The summed E-state index contributed by atoms with van der Waals surface area (Å²) in [4.78, 5) is 1.14. The van der Waals surface area contributed by atoms with Crippen molar-refractivity contribution in [3.8, 4) is 5.75 Å². The minimum atomic E-state index is -0.364. The van der Waals surface area contributed by atoms with Gasteiger partial charge in [-0.2, -0.15) is 0 Å². The van der Waals surface area contributed by atoms with Crippen molar-refractivity contribution in [3.05, 3.63) is 23.8 Å². The highest BCUT2D eigenvalue weighted by molar-refractivity contribution is 7.98. The van der Waals surface area contributed by atoms with Crippen LogP contribution in [0.5, 0.6) is 5.75 Å². The molecule has 0 spiro atoms. The van der Waals surface area contributed by atoms with Gasteiger partial charge in [0.05, 0.1) is 13.2 Å². The van der Waals surface area contributed by atoms with Gasteiger partial charge >= 0.3 is 0 Å². The SMILES string of the molecule is COc1cc(C(C)NCC(O)C(C)(C)C)ccc1SC. The Labute approximate surface area is 127 Å². The lowest BCUT2D eigenvalue weighted by Crippen LogP contribution is -2.37. The smallest absolute Gasteiger partial charge is 0.132 e. The number of benzene rings is 1. The number of thioether (sulfide) groups is 1. The predicted octanol–water partition coefficient (Wildman–Crippen LogP) is 3.47. The van der Waals surface area contributed by atoms with Crippen LogP contribution in [-0.4, -0.2) is 31.1 Å². The third-order valence-corrected chi connectivity index (χ3v) is 4.30. The van der Waals surface area contributed by atoms with Crippen molar-refractivity contribution in [3.63, 3.8) is 0 Å². The van der Waals surface area contributed by atoms with E-state index in [4.69, 9.17) is 4.74 Å². The highest BCUT2D eigenvalue weighted by atomic mass is 32.2. The van der Waals surface area contributed by atoms with Gasteiger partial charge in [0, 0.05) is 17.5 Å². The second kappa shape index (κ2) is 7.34. The van der Waals surface area contributed by atoms with Crippen LogP contribution < -0.4 is 10.1 Å². The van der Waals surface area contributed by atoms with Crippen molar-refractivity contribution in [1.29, 1.82) is 0 Å². The fourth-order valence-corrected chi connectivity index (χ4v) is 2.38. The average Bonchev–Trinajstić information content (AvgIpc) is 2.42. The molecule has 0 aliphatic rings. The second-order valence-corrected chi connectivity index (χ2v) is 6.97. The van der Waals surface area contributed by atoms with Gasteiger partial charge in [0.2, 0.25) is 0 Å². The first-order valence-electron chi connectivity index (χ1n) is 6.93. The first kappa shape index (κ1) is 17.3. The molecule has 114 valence electrons. The molecule has 2 unspecified atom stereocenters. The summed E-state index contributed by atoms with van der Waals surface area (Å²) in [6.45, 7) is 8.81. The van der Waals surface area contributed by atoms with Gasteiger partial charge in [0.15, 0.2) is 0 Å². The summed E-state index contributed by atoms with van der Waals surface area (Å²) in [6.07, 6.45) is 1.68. The van der Waals surface area contributed by atoms with Crippen molar-refractivity contribution in [1.82, 2.24) is 5.32 Å². The van der Waals surface area contributed by atoms with E-state index in [-0.39, 0.29) is 17.6 Å². The standard InChI is InChI=1S/C16H27NO2S/c1-11(17-10-15(18)16(2,3)4)12-7-8-14(20-6)13(9-12)19-5/h7-9,11,15,17-18H,10H2,1-6H3. The van der Waals surface area contributed by atoms with Crippen molar-refractivity contribution < 1.29 is 9.84 Å². The molecular weight excluding hydrogens is 270 g/mol. The van der Waals surface area contributed by atoms with Gasteiger partial charge < -0.3 is 15.2 Å². The number of aliphatic hydroxyl groups excluding tert-OH is 1. The summed E-state index contributed by atoms with van der Waals surface area (Å²) < 4.78 is 5.41. The molecule has 1 rings (SSSR count). The summed E-state index contributed by atoms with van der Waals surface area (Å²) >= 11 is 1.68. The number of hydrogen-bond acceptors (Lipinski definition) is 4. The Morgan fingerprint density at radius 2 is 2.00 bits per heavy atom. The summed E-state index contributed by atoms with van der Waals surface area (Å²) in [7, 11) is 1.69. The van der Waals surface area contributed by atoms with E-state index in [2.05, 4.69) is 30.4 Å². The summed E-state index contributed by atoms with van der Waals surface area (Å²) in [5.41, 5.74) is 1.06. The van der Waals surface area contributed by atoms with Crippen molar-refractivity contribution in [2.75, 3.05) is 19.9 Å². The topological polar surface area (TPSA) is 41.5 Å². The van der Waals surface area contributed by atoms with E-state index in [0.717, 1.165) is 10.6 Å². The normalized spacial score (nSPS) is 14.9. The first-order valence-corrected chi connectivity index (χ1v) is 8.15. The highest BCUT2D eigenvalue weighted by Crippen LogP contribution is 2.30. The van der Waals surface area contributed by atoms with E-state index in [0.29, 0.717) is 6.54 Å². The van der Waals surface area contributed by atoms with E-state index in [1.165, 1.54) is 5.56 Å². The molecule has 0 amide bonds. The van der Waals surface area contributed by atoms with Gasteiger partial charge in [-0.25, -0.2) is 0 Å². The fraction of sp³-hybridized carbons (Fsp3) is 0.625. The molecule has 0 aromatic heterocycles. The van der Waals surface area contributed by atoms with E-state index in [1.54, 1.807) is 18.9 Å². The highest BCUT2D eigenvalue weighted by Gasteiger charge is 2.22. The molecule has 0 saturated heterocycles. The van der Waals surface area contributed by atoms with Gasteiger partial charge in [-0.15, -0.1) is 11.8 Å². The average molecular weight is 297 g/mol. The quantitative estimate of drug-likeness (QED) is 0.789. The number of rotatable bonds is 6. The molecule has 0 fully saturated rings. The lowest BCUT2D eigenvalue weighted by molar-refractivity contribution is 0.0609. The Hall–Kier alpha value is -0.710. The maximum Gasteiger partial charge on any atom is 0.132 e. The number of aliphatic hydroxyl groups is 1. The molecule has 0 bridgehead atoms. The van der Waals surface area contributed by atoms with Gasteiger partial charge in [0.25, 0.3) is 0 Å². The molecule has 4 heteroatoms. The second-order valence-electron chi connectivity index (χ2n) is 6.13. The lowest BCUT2D eigenvalue weighted by atomic mass is 9.89. The van der Waals surface area contributed by atoms with Crippen molar-refractivity contribution in [2.45, 2.75) is 44.7 Å². The van der Waals surface area contributed by atoms with Crippen LogP contribution in [0.4, 0.5) is 0 Å². The molecule has 0 aliphatic carbocycles. The zero-order chi connectivity index (χ0) is 15.3. The van der Waals surface area contributed by atoms with Crippen LogP contribution >= 0.6 is 11.8 Å². The van der Waals surface area contributed by atoms with E-state index < -0.39 is 0 Å². The van der Waals surface area contributed by atoms with E-state index >= 15 is 0 Å². The first-order chi connectivity index (χ1) is 9.29. The Balaban J connectivity index is 2.70. The third-order valence-electron chi connectivity index (χ3n) is 3.52. The van der Waals surface area contributed by atoms with Crippen LogP contribution in [0, 0.1) is 5.41 Å². The van der Waals surface area contributed by atoms with Gasteiger partial charge in [0.1, 0.15) is 5.75 Å². The van der Waals surface area contributed by atoms with Crippen LogP contribution in [-0.2, 0) is 0 Å². The molecule has 0 saturated carbocycles. The Morgan fingerprint density at radius 1 is 1.35 bits per heavy atom. The fourth-order valence-electron chi connectivity index (χ4n) is 1.83. The Bertz CT molecular complexity index is 429. The Morgan fingerprint density at radius 3 is 2.50 bits per heavy atom. The summed E-state index contributed by atoms with van der Waals surface area (Å²) in [5.74, 6) is 0.903. The van der Waals surface area contributed by atoms with Crippen LogP contribution in [0.2, 0.25) is 0 Å². The predicted molar refractivity (Wildman–Crippen MR) is 86.7 cm³/mol. The van der Waals surface area contributed by atoms with E-state index in [1.807, 2.05) is 27.0 Å². The zero-order valence-electron chi connectivity index (χ0n) is 13.4. The van der Waals surface area contributed by atoms with Gasteiger partial charge in [-0.1, -0.05) is 26.8 Å². The molecule has 2 atom stereocenters.